The van der Waals surface area contributed by atoms with E-state index in [2.05, 4.69) is 0 Å². The van der Waals surface area contributed by atoms with Crippen molar-refractivity contribution in [2.24, 2.45) is 0 Å². The summed E-state index contributed by atoms with van der Waals surface area (Å²) in [5.41, 5.74) is 0.747. The lowest BCUT2D eigenvalue weighted by Gasteiger charge is -2.37. The SMILES string of the molecule is O=[N+]([O-])c1ccc(S(=O)(=O)N2CC[C@H](Cl)C[C@H]2c2ccccc2)cc1. The number of nitro groups is 1. The van der Waals surface area contributed by atoms with Gasteiger partial charge in [-0.05, 0) is 30.5 Å². The monoisotopic (exact) mass is 380 g/mol. The van der Waals surface area contributed by atoms with Gasteiger partial charge in [-0.15, -0.1) is 11.6 Å². The number of nitrogens with zero attached hydrogens (tertiary/aromatic N) is 2. The van der Waals surface area contributed by atoms with E-state index in [0.717, 1.165) is 5.56 Å². The van der Waals surface area contributed by atoms with Crippen molar-refractivity contribution in [3.63, 3.8) is 0 Å². The normalized spacial score (nSPS) is 21.8. The molecule has 0 spiro atoms. The molecule has 0 aromatic heterocycles. The van der Waals surface area contributed by atoms with Crippen LogP contribution in [0.3, 0.4) is 0 Å². The van der Waals surface area contributed by atoms with Crippen molar-refractivity contribution in [2.45, 2.75) is 29.2 Å². The predicted molar refractivity (Wildman–Crippen MR) is 95.0 cm³/mol. The van der Waals surface area contributed by atoms with Gasteiger partial charge in [0, 0.05) is 24.1 Å². The van der Waals surface area contributed by atoms with Crippen molar-refractivity contribution in [3.8, 4) is 0 Å². The molecule has 1 fully saturated rings. The summed E-state index contributed by atoms with van der Waals surface area (Å²) in [7, 11) is -3.77. The number of sulfonamides is 1. The number of benzene rings is 2. The number of nitro benzene ring substituents is 1. The Hall–Kier alpha value is -1.96. The van der Waals surface area contributed by atoms with Gasteiger partial charge in [-0.3, -0.25) is 10.1 Å². The molecule has 0 radical (unpaired) electrons. The largest absolute Gasteiger partial charge is 0.269 e. The molecule has 0 aliphatic carbocycles. The minimum Gasteiger partial charge on any atom is -0.258 e. The molecule has 8 heteroatoms. The van der Waals surface area contributed by atoms with Crippen molar-refractivity contribution < 1.29 is 13.3 Å². The fourth-order valence-electron chi connectivity index (χ4n) is 3.04. The van der Waals surface area contributed by atoms with Crippen LogP contribution in [0, 0.1) is 10.1 Å². The van der Waals surface area contributed by atoms with Gasteiger partial charge in [-0.25, -0.2) is 8.42 Å². The van der Waals surface area contributed by atoms with E-state index in [9.17, 15) is 18.5 Å². The first-order valence-corrected chi connectivity index (χ1v) is 9.72. The topological polar surface area (TPSA) is 80.5 Å². The Morgan fingerprint density at radius 2 is 1.72 bits per heavy atom. The Bertz CT molecular complexity index is 856. The predicted octanol–water partition coefficient (Wildman–Crippen LogP) is 3.73. The molecule has 0 N–H and O–H groups in total. The lowest BCUT2D eigenvalue weighted by molar-refractivity contribution is -0.384. The Balaban J connectivity index is 1.97. The van der Waals surface area contributed by atoms with E-state index in [1.54, 1.807) is 0 Å². The molecule has 0 saturated carbocycles. The maximum atomic E-state index is 13.1. The summed E-state index contributed by atoms with van der Waals surface area (Å²) in [6, 6.07) is 14.0. The molecule has 2 atom stereocenters. The van der Waals surface area contributed by atoms with Crippen LogP contribution >= 0.6 is 11.6 Å². The van der Waals surface area contributed by atoms with E-state index in [-0.39, 0.29) is 22.0 Å². The highest BCUT2D eigenvalue weighted by atomic mass is 35.5. The van der Waals surface area contributed by atoms with Gasteiger partial charge in [-0.1, -0.05) is 30.3 Å². The van der Waals surface area contributed by atoms with Gasteiger partial charge >= 0.3 is 0 Å². The highest BCUT2D eigenvalue weighted by Gasteiger charge is 2.37. The van der Waals surface area contributed by atoms with Crippen LogP contribution in [-0.2, 0) is 10.0 Å². The van der Waals surface area contributed by atoms with Gasteiger partial charge in [0.15, 0.2) is 0 Å². The molecule has 6 nitrogen and oxygen atoms in total. The zero-order chi connectivity index (χ0) is 18.0. The number of rotatable bonds is 4. The molecule has 1 saturated heterocycles. The van der Waals surface area contributed by atoms with Crippen molar-refractivity contribution in [2.75, 3.05) is 6.54 Å². The lowest BCUT2D eigenvalue weighted by Crippen LogP contribution is -2.41. The number of piperidine rings is 1. The fraction of sp³-hybridized carbons (Fsp3) is 0.294. The maximum Gasteiger partial charge on any atom is 0.269 e. The number of non-ortho nitro benzene ring substituents is 1. The van der Waals surface area contributed by atoms with Gasteiger partial charge in [0.05, 0.1) is 15.9 Å². The molecule has 25 heavy (non-hydrogen) atoms. The average molecular weight is 381 g/mol. The second-order valence-electron chi connectivity index (χ2n) is 5.91. The van der Waals surface area contributed by atoms with E-state index < -0.39 is 14.9 Å². The van der Waals surface area contributed by atoms with E-state index >= 15 is 0 Å². The van der Waals surface area contributed by atoms with E-state index in [1.807, 2.05) is 30.3 Å². The fourth-order valence-corrected chi connectivity index (χ4v) is 4.95. The highest BCUT2D eigenvalue weighted by molar-refractivity contribution is 7.89. The van der Waals surface area contributed by atoms with Gasteiger partial charge in [0.2, 0.25) is 10.0 Å². The zero-order valence-corrected chi connectivity index (χ0v) is 14.9. The molecule has 0 unspecified atom stereocenters. The van der Waals surface area contributed by atoms with Crippen LogP contribution in [0.2, 0.25) is 0 Å². The molecular formula is C17H17ClN2O4S. The summed E-state index contributed by atoms with van der Waals surface area (Å²) in [5.74, 6) is 0. The molecule has 0 amide bonds. The maximum absolute atomic E-state index is 13.1. The quantitative estimate of drug-likeness (QED) is 0.460. The molecule has 132 valence electrons. The second-order valence-corrected chi connectivity index (χ2v) is 8.42. The summed E-state index contributed by atoms with van der Waals surface area (Å²) in [6.07, 6.45) is 1.09. The summed E-state index contributed by atoms with van der Waals surface area (Å²) in [6.45, 7) is 0.313. The summed E-state index contributed by atoms with van der Waals surface area (Å²) in [5, 5.41) is 10.7. The standard InChI is InChI=1S/C17H17ClN2O4S/c18-14-10-11-19(17(12-14)13-4-2-1-3-5-13)25(23,24)16-8-6-15(7-9-16)20(21)22/h1-9,14,17H,10-12H2/t14-,17-/m0/s1. The molecule has 1 aliphatic rings. The van der Waals surface area contributed by atoms with Crippen LogP contribution in [0.4, 0.5) is 5.69 Å². The van der Waals surface area contributed by atoms with Crippen LogP contribution in [0.25, 0.3) is 0 Å². The summed E-state index contributed by atoms with van der Waals surface area (Å²) >= 11 is 6.28. The molecule has 1 aliphatic heterocycles. The van der Waals surface area contributed by atoms with Crippen LogP contribution in [0.5, 0.6) is 0 Å². The van der Waals surface area contributed by atoms with E-state index in [4.69, 9.17) is 11.6 Å². The highest BCUT2D eigenvalue weighted by Crippen LogP contribution is 2.37. The third-order valence-electron chi connectivity index (χ3n) is 4.33. The van der Waals surface area contributed by atoms with Gasteiger partial charge in [0.25, 0.3) is 5.69 Å². The summed E-state index contributed by atoms with van der Waals surface area (Å²) < 4.78 is 27.6. The molecule has 0 bridgehead atoms. The average Bonchev–Trinajstić information content (AvgIpc) is 2.62. The Morgan fingerprint density at radius 1 is 1.08 bits per heavy atom. The molecule has 3 rings (SSSR count). The van der Waals surface area contributed by atoms with Crippen LogP contribution in [0.1, 0.15) is 24.4 Å². The van der Waals surface area contributed by atoms with Crippen molar-refractivity contribution in [1.29, 1.82) is 0 Å². The molecule has 2 aromatic carbocycles. The number of alkyl halides is 1. The number of halogens is 1. The third-order valence-corrected chi connectivity index (χ3v) is 6.65. The number of hydrogen-bond donors (Lipinski definition) is 0. The number of hydrogen-bond acceptors (Lipinski definition) is 4. The van der Waals surface area contributed by atoms with Gasteiger partial charge < -0.3 is 0 Å². The Labute approximate surface area is 151 Å². The first kappa shape index (κ1) is 17.8. The zero-order valence-electron chi connectivity index (χ0n) is 13.3. The van der Waals surface area contributed by atoms with Crippen molar-refractivity contribution in [1.82, 2.24) is 4.31 Å². The smallest absolute Gasteiger partial charge is 0.258 e. The third kappa shape index (κ3) is 3.68. The van der Waals surface area contributed by atoms with E-state index in [0.29, 0.717) is 19.4 Å². The van der Waals surface area contributed by atoms with Crippen LogP contribution < -0.4 is 0 Å². The van der Waals surface area contributed by atoms with Crippen LogP contribution in [-0.4, -0.2) is 29.6 Å². The lowest BCUT2D eigenvalue weighted by atomic mass is 9.97. The van der Waals surface area contributed by atoms with Crippen molar-refractivity contribution in [3.05, 3.63) is 70.3 Å². The summed E-state index contributed by atoms with van der Waals surface area (Å²) in [4.78, 5) is 10.3. The van der Waals surface area contributed by atoms with Crippen LogP contribution in [0.15, 0.2) is 59.5 Å². The molecular weight excluding hydrogens is 364 g/mol. The minimum atomic E-state index is -3.77. The molecule has 2 aromatic rings. The van der Waals surface area contributed by atoms with Crippen molar-refractivity contribution >= 4 is 27.3 Å². The van der Waals surface area contributed by atoms with E-state index in [1.165, 1.54) is 28.6 Å². The first-order valence-electron chi connectivity index (χ1n) is 7.85. The first-order chi connectivity index (χ1) is 11.9. The Kier molecular flexibility index (Phi) is 5.08. The second kappa shape index (κ2) is 7.11. The van der Waals surface area contributed by atoms with Gasteiger partial charge in [0.1, 0.15) is 0 Å². The van der Waals surface area contributed by atoms with Gasteiger partial charge in [-0.2, -0.15) is 4.31 Å². The minimum absolute atomic E-state index is 0.0482. The Morgan fingerprint density at radius 3 is 2.32 bits per heavy atom. The molecule has 1 heterocycles.